The van der Waals surface area contributed by atoms with E-state index in [-0.39, 0.29) is 18.6 Å². The lowest BCUT2D eigenvalue weighted by molar-refractivity contribution is 0.0919. The fraction of sp³-hybridized carbons (Fsp3) is 0.417. The predicted octanol–water partition coefficient (Wildman–Crippen LogP) is 1.11. The molecule has 0 unspecified atom stereocenters. The molecule has 0 saturated heterocycles. The van der Waals surface area contributed by atoms with E-state index in [1.54, 1.807) is 19.1 Å². The Balaban J connectivity index is 2.93. The number of methoxy groups -OCH3 is 1. The van der Waals surface area contributed by atoms with E-state index in [0.717, 1.165) is 5.56 Å². The number of carbonyl (C=O) groups excluding carboxylic acids is 1. The zero-order chi connectivity index (χ0) is 12.1. The minimum atomic E-state index is -0.266. The monoisotopic (exact) mass is 223 g/mol. The van der Waals surface area contributed by atoms with E-state index < -0.39 is 0 Å². The van der Waals surface area contributed by atoms with Crippen LogP contribution in [-0.2, 0) is 0 Å². The Labute approximate surface area is 95.2 Å². The number of carbonyl (C=O) groups is 1. The van der Waals surface area contributed by atoms with Crippen molar-refractivity contribution in [3.05, 3.63) is 29.3 Å². The molecular weight excluding hydrogens is 206 g/mol. The van der Waals surface area contributed by atoms with E-state index in [1.165, 1.54) is 7.11 Å². The van der Waals surface area contributed by atoms with Crippen LogP contribution in [-0.4, -0.2) is 30.8 Å². The third kappa shape index (κ3) is 2.97. The molecule has 0 aliphatic heterocycles. The van der Waals surface area contributed by atoms with Gasteiger partial charge in [-0.2, -0.15) is 0 Å². The first-order valence-corrected chi connectivity index (χ1v) is 5.15. The number of ether oxygens (including phenoxy) is 1. The Bertz CT molecular complexity index is 377. The SMILES string of the molecule is COc1ccc(C)cc1C(=O)N[C@@H](C)CO. The highest BCUT2D eigenvalue weighted by atomic mass is 16.5. The molecule has 0 heterocycles. The second-order valence-electron chi connectivity index (χ2n) is 3.76. The molecule has 0 bridgehead atoms. The Morgan fingerprint density at radius 2 is 2.25 bits per heavy atom. The van der Waals surface area contributed by atoms with E-state index in [9.17, 15) is 4.79 Å². The number of aryl methyl sites for hydroxylation is 1. The van der Waals surface area contributed by atoms with Crippen LogP contribution in [0.4, 0.5) is 0 Å². The summed E-state index contributed by atoms with van der Waals surface area (Å²) in [6.07, 6.45) is 0. The second kappa shape index (κ2) is 5.51. The number of amides is 1. The number of aliphatic hydroxyl groups excluding tert-OH is 1. The molecule has 0 saturated carbocycles. The van der Waals surface area contributed by atoms with E-state index in [4.69, 9.17) is 9.84 Å². The zero-order valence-corrected chi connectivity index (χ0v) is 9.78. The standard InChI is InChI=1S/C12H17NO3/c1-8-4-5-11(16-3)10(6-8)12(15)13-9(2)7-14/h4-6,9,14H,7H2,1-3H3,(H,13,15)/t9-/m0/s1. The highest BCUT2D eigenvalue weighted by Gasteiger charge is 2.14. The van der Waals surface area contributed by atoms with Gasteiger partial charge in [0.15, 0.2) is 0 Å². The van der Waals surface area contributed by atoms with Gasteiger partial charge in [-0.3, -0.25) is 4.79 Å². The molecule has 4 heteroatoms. The van der Waals surface area contributed by atoms with Gasteiger partial charge in [0, 0.05) is 6.04 Å². The molecule has 4 nitrogen and oxygen atoms in total. The van der Waals surface area contributed by atoms with Crippen molar-refractivity contribution in [2.75, 3.05) is 13.7 Å². The molecule has 0 aliphatic carbocycles. The van der Waals surface area contributed by atoms with Crippen molar-refractivity contribution in [3.8, 4) is 5.75 Å². The minimum Gasteiger partial charge on any atom is -0.496 e. The molecule has 1 amide bonds. The highest BCUT2D eigenvalue weighted by molar-refractivity contribution is 5.97. The van der Waals surface area contributed by atoms with Crippen molar-refractivity contribution >= 4 is 5.91 Å². The van der Waals surface area contributed by atoms with Crippen molar-refractivity contribution in [1.82, 2.24) is 5.32 Å². The van der Waals surface area contributed by atoms with Gasteiger partial charge in [0.25, 0.3) is 5.91 Å². The molecule has 16 heavy (non-hydrogen) atoms. The van der Waals surface area contributed by atoms with Gasteiger partial charge in [0.2, 0.25) is 0 Å². The molecule has 0 aliphatic rings. The molecule has 0 aromatic heterocycles. The summed E-state index contributed by atoms with van der Waals surface area (Å²) in [5, 5.41) is 11.5. The van der Waals surface area contributed by atoms with Crippen LogP contribution in [0.15, 0.2) is 18.2 Å². The number of aliphatic hydroxyl groups is 1. The summed E-state index contributed by atoms with van der Waals surface area (Å²) in [4.78, 5) is 11.8. The summed E-state index contributed by atoms with van der Waals surface area (Å²) < 4.78 is 5.11. The van der Waals surface area contributed by atoms with Gasteiger partial charge >= 0.3 is 0 Å². The first-order valence-electron chi connectivity index (χ1n) is 5.15. The van der Waals surface area contributed by atoms with Gasteiger partial charge in [-0.25, -0.2) is 0 Å². The van der Waals surface area contributed by atoms with Gasteiger partial charge < -0.3 is 15.2 Å². The average Bonchev–Trinajstić information content (AvgIpc) is 2.28. The van der Waals surface area contributed by atoms with Gasteiger partial charge in [0.1, 0.15) is 5.75 Å². The van der Waals surface area contributed by atoms with Crippen LogP contribution < -0.4 is 10.1 Å². The lowest BCUT2D eigenvalue weighted by Gasteiger charge is -2.13. The Morgan fingerprint density at radius 1 is 1.56 bits per heavy atom. The third-order valence-corrected chi connectivity index (χ3v) is 2.25. The molecule has 0 spiro atoms. The first kappa shape index (κ1) is 12.5. The van der Waals surface area contributed by atoms with Crippen LogP contribution in [0.25, 0.3) is 0 Å². The van der Waals surface area contributed by atoms with Crippen LogP contribution in [0.2, 0.25) is 0 Å². The van der Waals surface area contributed by atoms with Gasteiger partial charge in [-0.1, -0.05) is 11.6 Å². The van der Waals surface area contributed by atoms with Crippen molar-refractivity contribution in [1.29, 1.82) is 0 Å². The topological polar surface area (TPSA) is 58.6 Å². The largest absolute Gasteiger partial charge is 0.496 e. The maximum atomic E-state index is 11.8. The van der Waals surface area contributed by atoms with Gasteiger partial charge in [-0.15, -0.1) is 0 Å². The van der Waals surface area contributed by atoms with Crippen LogP contribution in [0, 0.1) is 6.92 Å². The number of hydrogen-bond acceptors (Lipinski definition) is 3. The summed E-state index contributed by atoms with van der Waals surface area (Å²) in [5.74, 6) is 0.301. The predicted molar refractivity (Wildman–Crippen MR) is 61.7 cm³/mol. The molecule has 2 N–H and O–H groups in total. The summed E-state index contributed by atoms with van der Waals surface area (Å²) in [6.45, 7) is 3.56. The smallest absolute Gasteiger partial charge is 0.255 e. The Hall–Kier alpha value is -1.55. The first-order chi connectivity index (χ1) is 7.58. The lowest BCUT2D eigenvalue weighted by atomic mass is 10.1. The Kier molecular flexibility index (Phi) is 4.31. The molecule has 1 atom stereocenters. The number of hydrogen-bond donors (Lipinski definition) is 2. The fourth-order valence-corrected chi connectivity index (χ4v) is 1.35. The average molecular weight is 223 g/mol. The zero-order valence-electron chi connectivity index (χ0n) is 9.78. The highest BCUT2D eigenvalue weighted by Crippen LogP contribution is 2.19. The van der Waals surface area contributed by atoms with Crippen molar-refractivity contribution in [2.24, 2.45) is 0 Å². The fourth-order valence-electron chi connectivity index (χ4n) is 1.35. The van der Waals surface area contributed by atoms with Gasteiger partial charge in [0.05, 0.1) is 19.3 Å². The molecule has 1 rings (SSSR count). The van der Waals surface area contributed by atoms with Crippen molar-refractivity contribution in [3.63, 3.8) is 0 Å². The maximum Gasteiger partial charge on any atom is 0.255 e. The normalized spacial score (nSPS) is 12.0. The van der Waals surface area contributed by atoms with Crippen molar-refractivity contribution < 1.29 is 14.6 Å². The summed E-state index contributed by atoms with van der Waals surface area (Å²) in [5.41, 5.74) is 1.48. The molecule has 88 valence electrons. The third-order valence-electron chi connectivity index (χ3n) is 2.25. The molecule has 1 aromatic rings. The van der Waals surface area contributed by atoms with Crippen molar-refractivity contribution in [2.45, 2.75) is 19.9 Å². The van der Waals surface area contributed by atoms with Crippen LogP contribution in [0.1, 0.15) is 22.8 Å². The summed E-state index contributed by atoms with van der Waals surface area (Å²) >= 11 is 0. The van der Waals surface area contributed by atoms with Crippen LogP contribution in [0.3, 0.4) is 0 Å². The lowest BCUT2D eigenvalue weighted by Crippen LogP contribution is -2.35. The number of benzene rings is 1. The van der Waals surface area contributed by atoms with Crippen LogP contribution >= 0.6 is 0 Å². The van der Waals surface area contributed by atoms with E-state index in [2.05, 4.69) is 5.32 Å². The molecule has 1 aromatic carbocycles. The molecule has 0 fully saturated rings. The van der Waals surface area contributed by atoms with Gasteiger partial charge in [-0.05, 0) is 26.0 Å². The Morgan fingerprint density at radius 3 is 2.81 bits per heavy atom. The second-order valence-corrected chi connectivity index (χ2v) is 3.76. The summed E-state index contributed by atoms with van der Waals surface area (Å²) in [6, 6.07) is 5.13. The number of nitrogens with one attached hydrogen (secondary N) is 1. The number of rotatable bonds is 4. The molecule has 0 radical (unpaired) electrons. The quantitative estimate of drug-likeness (QED) is 0.804. The van der Waals surface area contributed by atoms with Crippen LogP contribution in [0.5, 0.6) is 5.75 Å². The maximum absolute atomic E-state index is 11.8. The van der Waals surface area contributed by atoms with E-state index in [0.29, 0.717) is 11.3 Å². The summed E-state index contributed by atoms with van der Waals surface area (Å²) in [7, 11) is 1.52. The molecular formula is C12H17NO3. The van der Waals surface area contributed by atoms with E-state index in [1.807, 2.05) is 13.0 Å². The van der Waals surface area contributed by atoms with E-state index >= 15 is 0 Å². The minimum absolute atomic E-state index is 0.0835.